The minimum atomic E-state index is -0.667. The number of aliphatic hydroxyl groups is 1. The fourth-order valence-electron chi connectivity index (χ4n) is 3.00. The molecular weight excluding hydrogens is 346 g/mol. The smallest absolute Gasteiger partial charge is 0.290 e. The van der Waals surface area contributed by atoms with Crippen LogP contribution in [0.25, 0.3) is 6.08 Å². The molecule has 0 saturated heterocycles. The number of hydrogen-bond acceptors (Lipinski definition) is 5. The first-order valence-electron chi connectivity index (χ1n) is 8.68. The minimum absolute atomic E-state index is 0.0598. The third-order valence-corrected chi connectivity index (χ3v) is 4.36. The van der Waals surface area contributed by atoms with Crippen molar-refractivity contribution in [3.05, 3.63) is 71.7 Å². The second kappa shape index (κ2) is 8.01. The highest BCUT2D eigenvalue weighted by molar-refractivity contribution is 6.14. The molecule has 7 nitrogen and oxygen atoms in total. The summed E-state index contributed by atoms with van der Waals surface area (Å²) in [5.41, 5.74) is 0.739. The lowest BCUT2D eigenvalue weighted by molar-refractivity contribution is -0.857. The van der Waals surface area contributed by atoms with Crippen LogP contribution in [-0.4, -0.2) is 53.9 Å². The lowest BCUT2D eigenvalue weighted by Gasteiger charge is -2.26. The molecule has 3 heterocycles. The SMILES string of the molecule is C[NH+](C)CCN1C(=O)C(O)=C(C(=O)/C=C/c2ccco2)[C@@H]1c1cccnc1. The summed E-state index contributed by atoms with van der Waals surface area (Å²) < 4.78 is 5.18. The van der Waals surface area contributed by atoms with Crippen molar-refractivity contribution < 1.29 is 24.0 Å². The summed E-state index contributed by atoms with van der Waals surface area (Å²) in [5, 5.41) is 10.4. The van der Waals surface area contributed by atoms with Gasteiger partial charge in [0.1, 0.15) is 5.76 Å². The molecule has 3 rings (SSSR count). The lowest BCUT2D eigenvalue weighted by Crippen LogP contribution is -3.06. The number of rotatable bonds is 7. The van der Waals surface area contributed by atoms with E-state index in [9.17, 15) is 14.7 Å². The Kier molecular flexibility index (Phi) is 5.52. The fraction of sp³-hybridized carbons (Fsp3) is 0.250. The summed E-state index contributed by atoms with van der Waals surface area (Å²) in [6.07, 6.45) is 7.55. The van der Waals surface area contributed by atoms with Crippen molar-refractivity contribution in [2.24, 2.45) is 0 Å². The van der Waals surface area contributed by atoms with Gasteiger partial charge in [-0.2, -0.15) is 0 Å². The highest BCUT2D eigenvalue weighted by Gasteiger charge is 2.43. The summed E-state index contributed by atoms with van der Waals surface area (Å²) in [6.45, 7) is 1.09. The van der Waals surface area contributed by atoms with Gasteiger partial charge >= 0.3 is 0 Å². The molecule has 0 aliphatic carbocycles. The number of pyridine rings is 1. The zero-order valence-electron chi connectivity index (χ0n) is 15.3. The van der Waals surface area contributed by atoms with E-state index in [2.05, 4.69) is 4.98 Å². The predicted octanol–water partition coefficient (Wildman–Crippen LogP) is 0.797. The number of aromatic nitrogens is 1. The summed E-state index contributed by atoms with van der Waals surface area (Å²) in [7, 11) is 3.95. The van der Waals surface area contributed by atoms with Gasteiger partial charge in [0.2, 0.25) is 0 Å². The number of likely N-dealkylation sites (N-methyl/N-ethyl adjacent to an activating group) is 1. The number of furan rings is 1. The van der Waals surface area contributed by atoms with Crippen LogP contribution in [0.5, 0.6) is 0 Å². The molecular formula is C20H22N3O4+. The number of ketones is 1. The zero-order chi connectivity index (χ0) is 19.4. The van der Waals surface area contributed by atoms with Crippen LogP contribution in [0.2, 0.25) is 0 Å². The summed E-state index contributed by atoms with van der Waals surface area (Å²) in [4.78, 5) is 32.2. The van der Waals surface area contributed by atoms with Crippen LogP contribution in [0, 0.1) is 0 Å². The van der Waals surface area contributed by atoms with Crippen LogP contribution in [0.15, 0.2) is 64.7 Å². The van der Waals surface area contributed by atoms with E-state index >= 15 is 0 Å². The first-order chi connectivity index (χ1) is 13.0. The maximum absolute atomic E-state index is 12.8. The van der Waals surface area contributed by atoms with E-state index < -0.39 is 23.5 Å². The first-order valence-corrected chi connectivity index (χ1v) is 8.68. The maximum Gasteiger partial charge on any atom is 0.290 e. The molecule has 0 saturated carbocycles. The normalized spacial score (nSPS) is 17.5. The van der Waals surface area contributed by atoms with E-state index in [1.54, 1.807) is 36.7 Å². The van der Waals surface area contributed by atoms with Gasteiger partial charge in [-0.05, 0) is 35.9 Å². The number of hydrogen-bond donors (Lipinski definition) is 2. The minimum Gasteiger partial charge on any atom is -0.503 e. The molecule has 140 valence electrons. The molecule has 0 bridgehead atoms. The van der Waals surface area contributed by atoms with Crippen LogP contribution < -0.4 is 4.90 Å². The van der Waals surface area contributed by atoms with Crippen molar-refractivity contribution in [3.8, 4) is 0 Å². The largest absolute Gasteiger partial charge is 0.503 e. The van der Waals surface area contributed by atoms with Crippen LogP contribution in [-0.2, 0) is 9.59 Å². The number of allylic oxidation sites excluding steroid dienone is 1. The number of aliphatic hydroxyl groups excluding tert-OH is 1. The van der Waals surface area contributed by atoms with Gasteiger partial charge in [0.25, 0.3) is 5.91 Å². The molecule has 0 radical (unpaired) electrons. The number of amides is 1. The van der Waals surface area contributed by atoms with Gasteiger partial charge in [0.05, 0.1) is 45.1 Å². The Morgan fingerprint density at radius 3 is 2.81 bits per heavy atom. The highest BCUT2D eigenvalue weighted by Crippen LogP contribution is 2.37. The molecule has 1 atom stereocenters. The van der Waals surface area contributed by atoms with E-state index in [1.807, 2.05) is 14.1 Å². The van der Waals surface area contributed by atoms with Crippen molar-refractivity contribution in [3.63, 3.8) is 0 Å². The highest BCUT2D eigenvalue weighted by atomic mass is 16.3. The van der Waals surface area contributed by atoms with E-state index in [0.717, 1.165) is 4.90 Å². The Balaban J connectivity index is 1.95. The van der Waals surface area contributed by atoms with Gasteiger partial charge in [-0.25, -0.2) is 0 Å². The topological polar surface area (TPSA) is 88.1 Å². The van der Waals surface area contributed by atoms with Crippen LogP contribution in [0.4, 0.5) is 0 Å². The Hall–Kier alpha value is -3.19. The average Bonchev–Trinajstić information content (AvgIpc) is 3.26. The molecule has 2 aromatic heterocycles. The Bertz CT molecular complexity index is 870. The van der Waals surface area contributed by atoms with Gasteiger partial charge < -0.3 is 19.3 Å². The third kappa shape index (κ3) is 3.98. The second-order valence-electron chi connectivity index (χ2n) is 6.62. The molecule has 0 spiro atoms. The van der Waals surface area contributed by atoms with Crippen molar-refractivity contribution in [1.82, 2.24) is 9.88 Å². The van der Waals surface area contributed by atoms with E-state index in [0.29, 0.717) is 24.4 Å². The summed E-state index contributed by atoms with van der Waals surface area (Å²) in [5.74, 6) is -0.976. The maximum atomic E-state index is 12.8. The van der Waals surface area contributed by atoms with Crippen molar-refractivity contribution >= 4 is 17.8 Å². The van der Waals surface area contributed by atoms with Gasteiger partial charge in [-0.15, -0.1) is 0 Å². The summed E-state index contributed by atoms with van der Waals surface area (Å²) >= 11 is 0. The van der Waals surface area contributed by atoms with Gasteiger partial charge in [-0.1, -0.05) is 6.07 Å². The Morgan fingerprint density at radius 1 is 1.37 bits per heavy atom. The number of quaternary nitrogens is 1. The number of nitrogens with one attached hydrogen (secondary N) is 1. The molecule has 27 heavy (non-hydrogen) atoms. The average molecular weight is 368 g/mol. The molecule has 0 aromatic carbocycles. The van der Waals surface area contributed by atoms with Crippen LogP contribution >= 0.6 is 0 Å². The van der Waals surface area contributed by atoms with Gasteiger partial charge in [0, 0.05) is 12.4 Å². The number of nitrogens with zero attached hydrogens (tertiary/aromatic N) is 2. The molecule has 2 aromatic rings. The molecule has 1 aliphatic rings. The molecule has 7 heteroatoms. The monoisotopic (exact) mass is 368 g/mol. The second-order valence-corrected chi connectivity index (χ2v) is 6.62. The van der Waals surface area contributed by atoms with E-state index in [1.165, 1.54) is 23.3 Å². The number of carbonyl (C=O) groups is 2. The van der Waals surface area contributed by atoms with Crippen LogP contribution in [0.3, 0.4) is 0 Å². The lowest BCUT2D eigenvalue weighted by atomic mass is 9.97. The molecule has 0 fully saturated rings. The van der Waals surface area contributed by atoms with Crippen molar-refractivity contribution in [2.45, 2.75) is 6.04 Å². The van der Waals surface area contributed by atoms with E-state index in [4.69, 9.17) is 4.42 Å². The quantitative estimate of drug-likeness (QED) is 0.706. The van der Waals surface area contributed by atoms with Crippen LogP contribution in [0.1, 0.15) is 17.4 Å². The molecule has 2 N–H and O–H groups in total. The summed E-state index contributed by atoms with van der Waals surface area (Å²) in [6, 6.07) is 6.29. The zero-order valence-corrected chi connectivity index (χ0v) is 15.3. The molecule has 0 unspecified atom stereocenters. The van der Waals surface area contributed by atoms with Crippen molar-refractivity contribution in [2.75, 3.05) is 27.2 Å². The molecule has 1 aliphatic heterocycles. The Morgan fingerprint density at radius 2 is 2.19 bits per heavy atom. The Labute approximate surface area is 157 Å². The third-order valence-electron chi connectivity index (χ3n) is 4.36. The molecule has 1 amide bonds. The van der Waals surface area contributed by atoms with E-state index in [-0.39, 0.29) is 5.57 Å². The predicted molar refractivity (Wildman–Crippen MR) is 98.8 cm³/mol. The standard InChI is InChI=1S/C20H21N3O4/c1-22(2)10-11-23-18(14-5-3-9-21-13-14)17(19(25)20(23)26)16(24)8-7-15-6-4-12-27-15/h3-9,12-13,18,25H,10-11H2,1-2H3/p+1/b8-7+/t18-/m0/s1. The number of carbonyl (C=O) groups excluding carboxylic acids is 2. The van der Waals surface area contributed by atoms with Gasteiger partial charge in [-0.3, -0.25) is 14.6 Å². The first kappa shape index (κ1) is 18.6. The van der Waals surface area contributed by atoms with Crippen molar-refractivity contribution in [1.29, 1.82) is 0 Å². The van der Waals surface area contributed by atoms with Gasteiger partial charge in [0.15, 0.2) is 11.5 Å². The fourth-order valence-corrected chi connectivity index (χ4v) is 3.00.